The topological polar surface area (TPSA) is 146 Å². The number of hydrogen-bond donors (Lipinski definition) is 3. The molecule has 5 heterocycles. The van der Waals surface area contributed by atoms with Gasteiger partial charge in [0.2, 0.25) is 11.0 Å². The summed E-state index contributed by atoms with van der Waals surface area (Å²) in [5, 5.41) is 16.5. The van der Waals surface area contributed by atoms with Gasteiger partial charge in [0, 0.05) is 42.8 Å². The van der Waals surface area contributed by atoms with E-state index >= 15 is 0 Å². The molecule has 0 aromatic carbocycles. The van der Waals surface area contributed by atoms with E-state index in [9.17, 15) is 19.5 Å². The van der Waals surface area contributed by atoms with Gasteiger partial charge in [-0.2, -0.15) is 4.37 Å². The van der Waals surface area contributed by atoms with Crippen molar-refractivity contribution in [2.24, 2.45) is 17.3 Å². The molecule has 5 rings (SSSR count). The Hall–Kier alpha value is -3.03. The van der Waals surface area contributed by atoms with Crippen molar-refractivity contribution in [1.82, 2.24) is 24.9 Å². The van der Waals surface area contributed by atoms with Crippen molar-refractivity contribution in [2.75, 3.05) is 44.4 Å². The van der Waals surface area contributed by atoms with Crippen molar-refractivity contribution in [3.05, 3.63) is 30.0 Å². The maximum absolute atomic E-state index is 13.2. The Morgan fingerprint density at radius 3 is 2.80 bits per heavy atom. The molecule has 13 heteroatoms. The normalized spacial score (nSPS) is 28.3. The fraction of sp³-hybridized carbons (Fsp3) is 0.591. The maximum Gasteiger partial charge on any atom is 0.340 e. The Labute approximate surface area is 206 Å². The molecule has 1 amide bonds. The molecule has 1 aromatic heterocycles. The lowest BCUT2D eigenvalue weighted by atomic mass is 9.69. The molecule has 0 spiro atoms. The Morgan fingerprint density at radius 1 is 1.34 bits per heavy atom. The van der Waals surface area contributed by atoms with E-state index in [2.05, 4.69) is 24.9 Å². The van der Waals surface area contributed by atoms with Gasteiger partial charge in [-0.25, -0.2) is 9.78 Å². The van der Waals surface area contributed by atoms with Crippen LogP contribution in [0.4, 0.5) is 5.13 Å². The van der Waals surface area contributed by atoms with E-state index in [-0.39, 0.29) is 23.5 Å². The summed E-state index contributed by atoms with van der Waals surface area (Å²) in [5.74, 6) is -1.72. The molecule has 3 N–H and O–H groups in total. The molecular weight excluding hydrogens is 476 g/mol. The van der Waals surface area contributed by atoms with Crippen LogP contribution in [0.15, 0.2) is 30.0 Å². The van der Waals surface area contributed by atoms with Crippen LogP contribution in [0.3, 0.4) is 0 Å². The first kappa shape index (κ1) is 23.7. The summed E-state index contributed by atoms with van der Waals surface area (Å²) in [5.41, 5.74) is -0.924. The van der Waals surface area contributed by atoms with E-state index in [0.717, 1.165) is 17.4 Å². The molecule has 4 aliphatic rings. The predicted octanol–water partition coefficient (Wildman–Crippen LogP) is -0.228. The quantitative estimate of drug-likeness (QED) is 0.442. The average molecular weight is 505 g/mol. The number of aromatic nitrogens is 2. The molecule has 2 fully saturated rings. The summed E-state index contributed by atoms with van der Waals surface area (Å²) < 4.78 is 15.0. The number of ketones is 1. The molecule has 3 unspecified atom stereocenters. The molecule has 0 radical (unpaired) electrons. The minimum absolute atomic E-state index is 0.0265. The van der Waals surface area contributed by atoms with Gasteiger partial charge < -0.3 is 35.0 Å². The zero-order valence-corrected chi connectivity index (χ0v) is 20.3. The number of nitrogens with zero attached hydrogens (tertiary/aromatic N) is 4. The molecule has 188 valence electrons. The summed E-state index contributed by atoms with van der Waals surface area (Å²) >= 11 is 1.12. The van der Waals surface area contributed by atoms with Gasteiger partial charge in [-0.3, -0.25) is 9.59 Å². The fourth-order valence-corrected chi connectivity index (χ4v) is 5.48. The third-order valence-corrected chi connectivity index (χ3v) is 7.50. The van der Waals surface area contributed by atoms with Crippen molar-refractivity contribution in [1.29, 1.82) is 0 Å². The summed E-state index contributed by atoms with van der Waals surface area (Å²) in [7, 11) is 0. The van der Waals surface area contributed by atoms with Gasteiger partial charge in [-0.15, -0.1) is 0 Å². The van der Waals surface area contributed by atoms with Gasteiger partial charge in [0.1, 0.15) is 18.1 Å². The number of fused-ring (bicyclic) bond motifs is 1. The Kier molecular flexibility index (Phi) is 6.23. The van der Waals surface area contributed by atoms with Crippen LogP contribution < -0.4 is 15.5 Å². The highest BCUT2D eigenvalue weighted by molar-refractivity contribution is 7.09. The number of allylic oxidation sites excluding steroid dienone is 1. The maximum atomic E-state index is 13.2. The molecular formula is C22H28N6O6S. The first-order valence-corrected chi connectivity index (χ1v) is 12.3. The summed E-state index contributed by atoms with van der Waals surface area (Å²) in [6.45, 7) is 6.92. The number of carbonyl (C=O) groups excluding carboxylic acids is 2. The molecule has 3 atom stereocenters. The number of nitrogens with one attached hydrogen (secondary N) is 2. The number of likely N-dealkylation sites (tertiary alicyclic amines) is 1. The monoisotopic (exact) mass is 504 g/mol. The number of carbonyl (C=O) groups is 3. The van der Waals surface area contributed by atoms with Crippen LogP contribution in [0.1, 0.15) is 13.8 Å². The smallest absolute Gasteiger partial charge is 0.340 e. The highest BCUT2D eigenvalue weighted by atomic mass is 32.1. The lowest BCUT2D eigenvalue weighted by molar-refractivity contribution is -0.136. The van der Waals surface area contributed by atoms with E-state index in [0.29, 0.717) is 44.6 Å². The minimum atomic E-state index is -1.27. The number of anilines is 1. The second-order valence-electron chi connectivity index (χ2n) is 9.68. The van der Waals surface area contributed by atoms with E-state index < -0.39 is 29.3 Å². The van der Waals surface area contributed by atoms with Gasteiger partial charge >= 0.3 is 5.97 Å². The largest absolute Gasteiger partial charge is 0.478 e. The second kappa shape index (κ2) is 9.21. The van der Waals surface area contributed by atoms with E-state index in [1.165, 1.54) is 12.5 Å². The van der Waals surface area contributed by atoms with Crippen molar-refractivity contribution < 1.29 is 29.0 Å². The lowest BCUT2D eigenvalue weighted by Crippen LogP contribution is -2.64. The van der Waals surface area contributed by atoms with Crippen molar-refractivity contribution >= 4 is 34.3 Å². The molecule has 4 aliphatic heterocycles. The number of carboxylic acids is 1. The minimum Gasteiger partial charge on any atom is -0.478 e. The number of amides is 1. The average Bonchev–Trinajstić information content (AvgIpc) is 3.31. The Balaban J connectivity index is 1.29. The highest BCUT2D eigenvalue weighted by Gasteiger charge is 2.52. The molecule has 1 aromatic rings. The van der Waals surface area contributed by atoms with Crippen LogP contribution in [0.5, 0.6) is 0 Å². The molecule has 2 saturated heterocycles. The number of ether oxygens (including phenoxy) is 2. The molecule has 35 heavy (non-hydrogen) atoms. The van der Waals surface area contributed by atoms with E-state index in [4.69, 9.17) is 9.47 Å². The van der Waals surface area contributed by atoms with Crippen LogP contribution in [-0.2, 0) is 23.9 Å². The number of Topliss-reactive ketones (excluding diaryl/α,β-unsaturated/α-hetero) is 1. The lowest BCUT2D eigenvalue weighted by Gasteiger charge is -2.52. The summed E-state index contributed by atoms with van der Waals surface area (Å²) in [6.07, 6.45) is 4.03. The Bertz CT molecular complexity index is 1060. The predicted molar refractivity (Wildman–Crippen MR) is 124 cm³/mol. The van der Waals surface area contributed by atoms with E-state index in [1.807, 2.05) is 19.9 Å². The number of hydrogen-bond acceptors (Lipinski definition) is 11. The number of aliphatic carboxylic acids is 1. The zero-order chi connectivity index (χ0) is 24.7. The summed E-state index contributed by atoms with van der Waals surface area (Å²) in [6, 6.07) is 0. The molecule has 0 bridgehead atoms. The van der Waals surface area contributed by atoms with Gasteiger partial charge in [-0.1, -0.05) is 13.8 Å². The standard InChI is InChI=1S/C22H28N6O6S/c1-22(2)5-15(27-7-12(8-27)19(30)23-6-13-10-33-3-4-34-13)26-18-16(22)17(29)14(20(31)32)9-28(18)21-24-11-25-35-21/h5,9,11-13,16,18,26H,3-4,6-8,10H2,1-2H3,(H,23,30)(H,31,32). The van der Waals surface area contributed by atoms with Gasteiger partial charge in [0.05, 0.1) is 43.6 Å². The van der Waals surface area contributed by atoms with E-state index in [1.54, 1.807) is 4.90 Å². The third kappa shape index (κ3) is 4.50. The van der Waals surface area contributed by atoms with Gasteiger partial charge in [0.15, 0.2) is 5.78 Å². The zero-order valence-electron chi connectivity index (χ0n) is 19.5. The molecule has 0 saturated carbocycles. The first-order chi connectivity index (χ1) is 16.7. The van der Waals surface area contributed by atoms with Crippen LogP contribution >= 0.6 is 11.5 Å². The SMILES string of the molecule is CC1(C)C=C(N2CC(C(=O)NCC3COCCO3)C2)NC2C1C(=O)C(C(=O)O)=CN2c1ncns1. The van der Waals surface area contributed by atoms with Crippen LogP contribution in [0.25, 0.3) is 0 Å². The van der Waals surface area contributed by atoms with Crippen molar-refractivity contribution in [3.8, 4) is 0 Å². The first-order valence-electron chi connectivity index (χ1n) is 11.5. The highest BCUT2D eigenvalue weighted by Crippen LogP contribution is 2.43. The number of carboxylic acid groups (broad SMARTS) is 1. The molecule has 12 nitrogen and oxygen atoms in total. The second-order valence-corrected chi connectivity index (χ2v) is 10.4. The van der Waals surface area contributed by atoms with Crippen LogP contribution in [-0.4, -0.2) is 88.7 Å². The van der Waals surface area contributed by atoms with Crippen LogP contribution in [0.2, 0.25) is 0 Å². The third-order valence-electron chi connectivity index (χ3n) is 6.82. The van der Waals surface area contributed by atoms with Crippen molar-refractivity contribution in [3.63, 3.8) is 0 Å². The number of rotatable bonds is 6. The van der Waals surface area contributed by atoms with Crippen LogP contribution in [0, 0.1) is 17.3 Å². The fourth-order valence-electron chi connectivity index (χ4n) is 4.94. The Morgan fingerprint density at radius 2 is 2.14 bits per heavy atom. The molecule has 0 aliphatic carbocycles. The van der Waals surface area contributed by atoms with Gasteiger partial charge in [-0.05, 0) is 6.08 Å². The van der Waals surface area contributed by atoms with Crippen molar-refractivity contribution in [2.45, 2.75) is 26.1 Å². The van der Waals surface area contributed by atoms with Gasteiger partial charge in [0.25, 0.3) is 0 Å². The summed E-state index contributed by atoms with van der Waals surface area (Å²) in [4.78, 5) is 45.5.